The zero-order valence-electron chi connectivity index (χ0n) is 9.20. The van der Waals surface area contributed by atoms with Crippen molar-refractivity contribution in [3.8, 4) is 5.75 Å². The SMILES string of the molecule is CCOc1ccc(CCNCCS)cc1. The van der Waals surface area contributed by atoms with Crippen LogP contribution in [0.2, 0.25) is 0 Å². The molecule has 0 radical (unpaired) electrons. The van der Waals surface area contributed by atoms with Gasteiger partial charge in [0.2, 0.25) is 0 Å². The van der Waals surface area contributed by atoms with Crippen LogP contribution in [0.15, 0.2) is 24.3 Å². The monoisotopic (exact) mass is 225 g/mol. The van der Waals surface area contributed by atoms with E-state index in [1.807, 2.05) is 19.1 Å². The van der Waals surface area contributed by atoms with E-state index >= 15 is 0 Å². The summed E-state index contributed by atoms with van der Waals surface area (Å²) >= 11 is 4.14. The molecule has 0 fully saturated rings. The lowest BCUT2D eigenvalue weighted by atomic mass is 10.1. The highest BCUT2D eigenvalue weighted by Gasteiger charge is 1.94. The van der Waals surface area contributed by atoms with Crippen molar-refractivity contribution in [2.24, 2.45) is 0 Å². The third-order valence-electron chi connectivity index (χ3n) is 2.11. The van der Waals surface area contributed by atoms with Crippen molar-refractivity contribution in [2.45, 2.75) is 13.3 Å². The van der Waals surface area contributed by atoms with E-state index in [0.29, 0.717) is 0 Å². The quantitative estimate of drug-likeness (QED) is 0.548. The second kappa shape index (κ2) is 7.60. The van der Waals surface area contributed by atoms with E-state index in [2.05, 4.69) is 30.1 Å². The van der Waals surface area contributed by atoms with Crippen molar-refractivity contribution < 1.29 is 4.74 Å². The predicted molar refractivity (Wildman–Crippen MR) is 68.0 cm³/mol. The summed E-state index contributed by atoms with van der Waals surface area (Å²) in [7, 11) is 0. The highest BCUT2D eigenvalue weighted by Crippen LogP contribution is 2.11. The Hall–Kier alpha value is -0.670. The standard InChI is InChI=1S/C12H19NOS/c1-2-14-12-5-3-11(4-6-12)7-8-13-9-10-15/h3-6,13,15H,2,7-10H2,1H3. The minimum absolute atomic E-state index is 0.725. The Kier molecular flexibility index (Phi) is 6.28. The third kappa shape index (κ3) is 5.09. The molecule has 1 N–H and O–H groups in total. The van der Waals surface area contributed by atoms with Crippen LogP contribution in [0, 0.1) is 0 Å². The topological polar surface area (TPSA) is 21.3 Å². The van der Waals surface area contributed by atoms with Crippen LogP contribution in [0.4, 0.5) is 0 Å². The molecule has 0 aliphatic rings. The average molecular weight is 225 g/mol. The molecule has 0 unspecified atom stereocenters. The summed E-state index contributed by atoms with van der Waals surface area (Å²) in [4.78, 5) is 0. The minimum Gasteiger partial charge on any atom is -0.494 e. The van der Waals surface area contributed by atoms with Gasteiger partial charge in [-0.2, -0.15) is 12.6 Å². The fraction of sp³-hybridized carbons (Fsp3) is 0.500. The summed E-state index contributed by atoms with van der Waals surface area (Å²) in [5.41, 5.74) is 1.34. The highest BCUT2D eigenvalue weighted by atomic mass is 32.1. The predicted octanol–water partition coefficient (Wildman–Crippen LogP) is 2.15. The molecule has 1 rings (SSSR count). The zero-order valence-corrected chi connectivity index (χ0v) is 10.1. The van der Waals surface area contributed by atoms with Crippen molar-refractivity contribution >= 4 is 12.6 Å². The number of nitrogens with one attached hydrogen (secondary N) is 1. The Morgan fingerprint density at radius 1 is 1.20 bits per heavy atom. The summed E-state index contributed by atoms with van der Waals surface area (Å²) < 4.78 is 5.38. The highest BCUT2D eigenvalue weighted by molar-refractivity contribution is 7.80. The largest absolute Gasteiger partial charge is 0.494 e. The Morgan fingerprint density at radius 2 is 1.93 bits per heavy atom. The van der Waals surface area contributed by atoms with Crippen LogP contribution in [0.5, 0.6) is 5.75 Å². The second-order valence-corrected chi connectivity index (χ2v) is 3.75. The van der Waals surface area contributed by atoms with Gasteiger partial charge in [0.1, 0.15) is 5.75 Å². The maximum atomic E-state index is 5.38. The van der Waals surface area contributed by atoms with Crippen molar-refractivity contribution in [3.05, 3.63) is 29.8 Å². The lowest BCUT2D eigenvalue weighted by Crippen LogP contribution is -2.19. The minimum atomic E-state index is 0.725. The molecule has 1 aromatic rings. The third-order valence-corrected chi connectivity index (χ3v) is 2.34. The molecule has 15 heavy (non-hydrogen) atoms. The number of ether oxygens (including phenoxy) is 1. The van der Waals surface area contributed by atoms with E-state index in [4.69, 9.17) is 4.74 Å². The molecular weight excluding hydrogens is 206 g/mol. The van der Waals surface area contributed by atoms with Crippen LogP contribution < -0.4 is 10.1 Å². The molecule has 0 spiro atoms. The van der Waals surface area contributed by atoms with E-state index in [1.54, 1.807) is 0 Å². The number of thiol groups is 1. The van der Waals surface area contributed by atoms with E-state index in [-0.39, 0.29) is 0 Å². The van der Waals surface area contributed by atoms with Crippen molar-refractivity contribution in [2.75, 3.05) is 25.4 Å². The van der Waals surface area contributed by atoms with Gasteiger partial charge in [0.15, 0.2) is 0 Å². The molecule has 84 valence electrons. The van der Waals surface area contributed by atoms with Gasteiger partial charge in [0.25, 0.3) is 0 Å². The first-order valence-corrected chi connectivity index (χ1v) is 6.03. The van der Waals surface area contributed by atoms with Gasteiger partial charge in [0, 0.05) is 12.3 Å². The molecular formula is C12H19NOS. The van der Waals surface area contributed by atoms with Crippen molar-refractivity contribution in [3.63, 3.8) is 0 Å². The van der Waals surface area contributed by atoms with Gasteiger partial charge in [-0.3, -0.25) is 0 Å². The Balaban J connectivity index is 2.29. The van der Waals surface area contributed by atoms with Gasteiger partial charge < -0.3 is 10.1 Å². The molecule has 0 bridgehead atoms. The molecule has 0 saturated carbocycles. The maximum Gasteiger partial charge on any atom is 0.119 e. The lowest BCUT2D eigenvalue weighted by molar-refractivity contribution is 0.340. The first-order valence-electron chi connectivity index (χ1n) is 5.40. The van der Waals surface area contributed by atoms with Gasteiger partial charge in [0.05, 0.1) is 6.61 Å². The number of benzene rings is 1. The average Bonchev–Trinajstić information content (AvgIpc) is 2.27. The smallest absolute Gasteiger partial charge is 0.119 e. The van der Waals surface area contributed by atoms with Crippen LogP contribution in [-0.4, -0.2) is 25.4 Å². The zero-order chi connectivity index (χ0) is 10.9. The van der Waals surface area contributed by atoms with Crippen LogP contribution in [0.25, 0.3) is 0 Å². The van der Waals surface area contributed by atoms with E-state index < -0.39 is 0 Å². The van der Waals surface area contributed by atoms with Crippen molar-refractivity contribution in [1.29, 1.82) is 0 Å². The molecule has 0 aromatic heterocycles. The van der Waals surface area contributed by atoms with E-state index in [1.165, 1.54) is 5.56 Å². The molecule has 0 heterocycles. The summed E-state index contributed by atoms with van der Waals surface area (Å²) in [6, 6.07) is 8.29. The molecule has 0 atom stereocenters. The van der Waals surface area contributed by atoms with Crippen LogP contribution in [0.1, 0.15) is 12.5 Å². The summed E-state index contributed by atoms with van der Waals surface area (Å²) in [5.74, 6) is 1.84. The first-order chi connectivity index (χ1) is 7.36. The Bertz CT molecular complexity index is 261. The first kappa shape index (κ1) is 12.4. The normalized spacial score (nSPS) is 10.3. The van der Waals surface area contributed by atoms with E-state index in [9.17, 15) is 0 Å². The summed E-state index contributed by atoms with van der Waals surface area (Å²) in [6.45, 7) is 4.70. The van der Waals surface area contributed by atoms with Gasteiger partial charge in [-0.1, -0.05) is 12.1 Å². The molecule has 0 aliphatic heterocycles. The van der Waals surface area contributed by atoms with E-state index in [0.717, 1.165) is 37.6 Å². The summed E-state index contributed by atoms with van der Waals surface area (Å²) in [6.07, 6.45) is 1.06. The lowest BCUT2D eigenvalue weighted by Gasteiger charge is -2.05. The molecule has 0 amide bonds. The number of hydrogen-bond acceptors (Lipinski definition) is 3. The number of rotatable bonds is 7. The van der Waals surface area contributed by atoms with Crippen LogP contribution >= 0.6 is 12.6 Å². The summed E-state index contributed by atoms with van der Waals surface area (Å²) in [5, 5.41) is 3.32. The molecule has 1 aromatic carbocycles. The fourth-order valence-electron chi connectivity index (χ4n) is 1.36. The molecule has 3 heteroatoms. The number of hydrogen-bond donors (Lipinski definition) is 2. The van der Waals surface area contributed by atoms with Crippen molar-refractivity contribution in [1.82, 2.24) is 5.32 Å². The van der Waals surface area contributed by atoms with Gasteiger partial charge in [-0.15, -0.1) is 0 Å². The maximum absolute atomic E-state index is 5.38. The van der Waals surface area contributed by atoms with Gasteiger partial charge in [-0.05, 0) is 37.6 Å². The molecule has 0 aliphatic carbocycles. The van der Waals surface area contributed by atoms with Gasteiger partial charge in [-0.25, -0.2) is 0 Å². The molecule has 0 saturated heterocycles. The second-order valence-electron chi connectivity index (χ2n) is 3.30. The molecule has 2 nitrogen and oxygen atoms in total. The Morgan fingerprint density at radius 3 is 2.53 bits per heavy atom. The fourth-order valence-corrected chi connectivity index (χ4v) is 1.51. The van der Waals surface area contributed by atoms with Crippen LogP contribution in [0.3, 0.4) is 0 Å². The van der Waals surface area contributed by atoms with Gasteiger partial charge >= 0.3 is 0 Å². The Labute approximate surface area is 97.4 Å². The van der Waals surface area contributed by atoms with Crippen LogP contribution in [-0.2, 0) is 6.42 Å².